The molecule has 0 atom stereocenters. The van der Waals surface area contributed by atoms with Crippen LogP contribution in [-0.4, -0.2) is 24.6 Å². The molecule has 0 aliphatic rings. The third-order valence-corrected chi connectivity index (χ3v) is 3.69. The highest BCUT2D eigenvalue weighted by molar-refractivity contribution is 5.91. The second-order valence-corrected chi connectivity index (χ2v) is 5.91. The average Bonchev–Trinajstić information content (AvgIpc) is 2.58. The Balaban J connectivity index is 3.62. The molecule has 0 radical (unpaired) electrons. The molecule has 0 saturated heterocycles. The van der Waals surface area contributed by atoms with Gasteiger partial charge in [0, 0.05) is 12.8 Å². The van der Waals surface area contributed by atoms with Crippen LogP contribution in [0.2, 0.25) is 0 Å². The molecule has 0 fully saturated rings. The molecule has 24 heavy (non-hydrogen) atoms. The highest BCUT2D eigenvalue weighted by Gasteiger charge is 2.03. The number of carbonyl (C=O) groups excluding carboxylic acids is 3. The van der Waals surface area contributed by atoms with E-state index < -0.39 is 0 Å². The summed E-state index contributed by atoms with van der Waals surface area (Å²) in [5.74, 6) is -0.268. The quantitative estimate of drug-likeness (QED) is 0.247. The van der Waals surface area contributed by atoms with Gasteiger partial charge in [-0.3, -0.25) is 14.4 Å². The Morgan fingerprint density at radius 3 is 1.88 bits per heavy atom. The lowest BCUT2D eigenvalue weighted by atomic mass is 10.1. The van der Waals surface area contributed by atoms with Crippen molar-refractivity contribution in [3.8, 4) is 0 Å². The normalized spacial score (nSPS) is 11.2. The zero-order chi connectivity index (χ0) is 18.0. The number of allylic oxidation sites excluding steroid dienone is 4. The maximum absolute atomic E-state index is 11.6. The summed E-state index contributed by atoms with van der Waals surface area (Å²) in [6, 6.07) is 0. The zero-order valence-electron chi connectivity index (χ0n) is 15.2. The third-order valence-electron chi connectivity index (χ3n) is 3.69. The molecule has 0 amide bonds. The maximum Gasteiger partial charge on any atom is 0.305 e. The van der Waals surface area contributed by atoms with E-state index in [-0.39, 0.29) is 30.4 Å². The Morgan fingerprint density at radius 1 is 0.750 bits per heavy atom. The number of rotatable bonds is 15. The third kappa shape index (κ3) is 15.2. The minimum atomic E-state index is -0.372. The fourth-order valence-corrected chi connectivity index (χ4v) is 2.20. The summed E-state index contributed by atoms with van der Waals surface area (Å²) in [5.41, 5.74) is 0. The van der Waals surface area contributed by atoms with Gasteiger partial charge in [-0.1, -0.05) is 51.2 Å². The SMILES string of the molecule is CCCCCCCCC(=O)/C=C/CC/C=C/C(=O)CCC(=O)OC. The molecule has 0 unspecified atom stereocenters. The number of hydrogen-bond acceptors (Lipinski definition) is 4. The molecule has 4 nitrogen and oxygen atoms in total. The van der Waals surface area contributed by atoms with Crippen LogP contribution in [0.4, 0.5) is 0 Å². The van der Waals surface area contributed by atoms with Crippen LogP contribution in [0.15, 0.2) is 24.3 Å². The zero-order valence-corrected chi connectivity index (χ0v) is 15.2. The second-order valence-electron chi connectivity index (χ2n) is 5.91. The van der Waals surface area contributed by atoms with Crippen LogP contribution >= 0.6 is 0 Å². The lowest BCUT2D eigenvalue weighted by molar-refractivity contribution is -0.141. The number of esters is 1. The van der Waals surface area contributed by atoms with Crippen molar-refractivity contribution in [2.75, 3.05) is 7.11 Å². The second kappa shape index (κ2) is 16.2. The van der Waals surface area contributed by atoms with Gasteiger partial charge >= 0.3 is 5.97 Å². The van der Waals surface area contributed by atoms with Crippen LogP contribution in [0.3, 0.4) is 0 Å². The van der Waals surface area contributed by atoms with Gasteiger partial charge in [-0.15, -0.1) is 0 Å². The van der Waals surface area contributed by atoms with E-state index in [4.69, 9.17) is 0 Å². The van der Waals surface area contributed by atoms with Gasteiger partial charge in [0.2, 0.25) is 0 Å². The summed E-state index contributed by atoms with van der Waals surface area (Å²) in [4.78, 5) is 34.0. The molecule has 0 spiro atoms. The first-order valence-electron chi connectivity index (χ1n) is 9.05. The van der Waals surface area contributed by atoms with Crippen molar-refractivity contribution in [3.63, 3.8) is 0 Å². The van der Waals surface area contributed by atoms with E-state index in [1.807, 2.05) is 6.08 Å². The fraction of sp³-hybridized carbons (Fsp3) is 0.650. The molecule has 0 aliphatic carbocycles. The van der Waals surface area contributed by atoms with E-state index in [9.17, 15) is 14.4 Å². The molecule has 0 rings (SSSR count). The van der Waals surface area contributed by atoms with Gasteiger partial charge in [0.15, 0.2) is 11.6 Å². The monoisotopic (exact) mass is 336 g/mol. The van der Waals surface area contributed by atoms with Crippen LogP contribution in [0, 0.1) is 0 Å². The van der Waals surface area contributed by atoms with E-state index in [1.54, 1.807) is 12.2 Å². The standard InChI is InChI=1S/C20H32O4/c1-3-4-5-6-7-10-13-18(21)14-11-8-9-12-15-19(22)16-17-20(23)24-2/h11-12,14-15H,3-10,13,16-17H2,1-2H3/b14-11+,15-12+. The molecular formula is C20H32O4. The number of methoxy groups -OCH3 is 1. The van der Waals surface area contributed by atoms with Crippen molar-refractivity contribution >= 4 is 17.5 Å². The largest absolute Gasteiger partial charge is 0.469 e. The molecule has 136 valence electrons. The van der Waals surface area contributed by atoms with Crippen molar-refractivity contribution in [1.82, 2.24) is 0 Å². The highest BCUT2D eigenvalue weighted by atomic mass is 16.5. The first-order chi connectivity index (χ1) is 11.6. The Kier molecular flexibility index (Phi) is 15.0. The van der Waals surface area contributed by atoms with Gasteiger partial charge in [0.1, 0.15) is 0 Å². The molecule has 0 heterocycles. The summed E-state index contributed by atoms with van der Waals surface area (Å²) in [7, 11) is 1.31. The minimum Gasteiger partial charge on any atom is -0.469 e. The van der Waals surface area contributed by atoms with Crippen molar-refractivity contribution in [1.29, 1.82) is 0 Å². The van der Waals surface area contributed by atoms with E-state index in [0.29, 0.717) is 12.8 Å². The van der Waals surface area contributed by atoms with Crippen LogP contribution in [0.25, 0.3) is 0 Å². The molecule has 0 aromatic heterocycles. The predicted octanol–water partition coefficient (Wildman–Crippen LogP) is 4.72. The molecule has 0 N–H and O–H groups in total. The maximum atomic E-state index is 11.6. The summed E-state index contributed by atoms with van der Waals surface area (Å²) in [5, 5.41) is 0. The van der Waals surface area contributed by atoms with Gasteiger partial charge in [0.05, 0.1) is 13.5 Å². The van der Waals surface area contributed by atoms with E-state index >= 15 is 0 Å². The molecule has 0 saturated carbocycles. The van der Waals surface area contributed by atoms with Gasteiger partial charge in [-0.05, 0) is 31.4 Å². The van der Waals surface area contributed by atoms with Crippen LogP contribution < -0.4 is 0 Å². The predicted molar refractivity (Wildman–Crippen MR) is 96.8 cm³/mol. The molecule has 0 bridgehead atoms. The summed E-state index contributed by atoms with van der Waals surface area (Å²) < 4.78 is 4.48. The van der Waals surface area contributed by atoms with Gasteiger partial charge in [-0.2, -0.15) is 0 Å². The van der Waals surface area contributed by atoms with Gasteiger partial charge < -0.3 is 4.74 Å². The summed E-state index contributed by atoms with van der Waals surface area (Å²) >= 11 is 0. The van der Waals surface area contributed by atoms with E-state index in [1.165, 1.54) is 38.9 Å². The first kappa shape index (κ1) is 22.3. The Bertz CT molecular complexity index is 421. The van der Waals surface area contributed by atoms with E-state index in [2.05, 4.69) is 11.7 Å². The van der Waals surface area contributed by atoms with E-state index in [0.717, 1.165) is 19.3 Å². The molecule has 0 aromatic carbocycles. The Hall–Kier alpha value is -1.71. The lowest BCUT2D eigenvalue weighted by Crippen LogP contribution is -2.03. The smallest absolute Gasteiger partial charge is 0.305 e. The highest BCUT2D eigenvalue weighted by Crippen LogP contribution is 2.07. The van der Waals surface area contributed by atoms with Crippen molar-refractivity contribution in [2.45, 2.75) is 77.6 Å². The van der Waals surface area contributed by atoms with Crippen LogP contribution in [-0.2, 0) is 19.1 Å². The van der Waals surface area contributed by atoms with Gasteiger partial charge in [0.25, 0.3) is 0 Å². The summed E-state index contributed by atoms with van der Waals surface area (Å²) in [6.45, 7) is 2.20. The Morgan fingerprint density at radius 2 is 1.29 bits per heavy atom. The Labute approximate surface area is 146 Å². The summed E-state index contributed by atoms with van der Waals surface area (Å²) in [6.07, 6.45) is 16.3. The van der Waals surface area contributed by atoms with Crippen LogP contribution in [0.5, 0.6) is 0 Å². The van der Waals surface area contributed by atoms with Crippen LogP contribution in [0.1, 0.15) is 77.6 Å². The molecule has 0 aromatic rings. The number of unbranched alkanes of at least 4 members (excludes halogenated alkanes) is 6. The lowest BCUT2D eigenvalue weighted by Gasteiger charge is -1.98. The van der Waals surface area contributed by atoms with Crippen molar-refractivity contribution in [2.24, 2.45) is 0 Å². The number of carbonyl (C=O) groups is 3. The topological polar surface area (TPSA) is 60.4 Å². The molecule has 4 heteroatoms. The number of ketones is 2. The van der Waals surface area contributed by atoms with Crippen molar-refractivity contribution in [3.05, 3.63) is 24.3 Å². The molecular weight excluding hydrogens is 304 g/mol. The fourth-order valence-electron chi connectivity index (χ4n) is 2.20. The number of ether oxygens (including phenoxy) is 1. The minimum absolute atomic E-state index is 0.0801. The number of hydrogen-bond donors (Lipinski definition) is 0. The average molecular weight is 336 g/mol. The first-order valence-corrected chi connectivity index (χ1v) is 9.05. The van der Waals surface area contributed by atoms with Crippen molar-refractivity contribution < 1.29 is 19.1 Å². The van der Waals surface area contributed by atoms with Gasteiger partial charge in [-0.25, -0.2) is 0 Å². The molecule has 0 aliphatic heterocycles.